The molecular formula is C7H13NO2. The van der Waals surface area contributed by atoms with Gasteiger partial charge in [0.05, 0.1) is 6.54 Å². The summed E-state index contributed by atoms with van der Waals surface area (Å²) in [7, 11) is 0. The number of nitrogens with zero attached hydrogens (tertiary/aromatic N) is 1. The maximum atomic E-state index is 10.9. The maximum absolute atomic E-state index is 10.9. The molecule has 0 bridgehead atoms. The van der Waals surface area contributed by atoms with Crippen LogP contribution in [0, 0.1) is 0 Å². The molecule has 1 fully saturated rings. The second kappa shape index (κ2) is 2.90. The lowest BCUT2D eigenvalue weighted by Gasteiger charge is -2.06. The van der Waals surface area contributed by atoms with Crippen molar-refractivity contribution in [3.05, 3.63) is 0 Å². The van der Waals surface area contributed by atoms with E-state index in [1.54, 1.807) is 4.90 Å². The molecule has 3 heteroatoms. The van der Waals surface area contributed by atoms with Crippen LogP contribution in [0.4, 0.5) is 4.79 Å². The quantitative estimate of drug-likeness (QED) is 0.582. The van der Waals surface area contributed by atoms with Crippen LogP contribution in [-0.2, 0) is 4.74 Å². The second-order valence-corrected chi connectivity index (χ2v) is 2.45. The smallest absolute Gasteiger partial charge is 0.410 e. The van der Waals surface area contributed by atoms with Gasteiger partial charge >= 0.3 is 6.09 Å². The lowest BCUT2D eigenvalue weighted by Crippen LogP contribution is -2.24. The summed E-state index contributed by atoms with van der Waals surface area (Å²) in [4.78, 5) is 12.6. The monoisotopic (exact) mass is 143 g/mol. The van der Waals surface area contributed by atoms with E-state index in [9.17, 15) is 4.79 Å². The summed E-state index contributed by atoms with van der Waals surface area (Å²) in [5.41, 5.74) is 0. The van der Waals surface area contributed by atoms with Crippen LogP contribution in [-0.4, -0.2) is 30.2 Å². The average molecular weight is 143 g/mol. The third-order valence-corrected chi connectivity index (χ3v) is 1.79. The van der Waals surface area contributed by atoms with Crippen molar-refractivity contribution in [3.63, 3.8) is 0 Å². The lowest BCUT2D eigenvalue weighted by molar-refractivity contribution is 0.131. The molecule has 0 aliphatic carbocycles. The van der Waals surface area contributed by atoms with Gasteiger partial charge in [-0.15, -0.1) is 0 Å². The Hall–Kier alpha value is -0.730. The molecule has 0 N–H and O–H groups in total. The van der Waals surface area contributed by atoms with Crippen LogP contribution in [0.25, 0.3) is 0 Å². The molecule has 10 heavy (non-hydrogen) atoms. The van der Waals surface area contributed by atoms with Crippen LogP contribution in [0.2, 0.25) is 0 Å². The van der Waals surface area contributed by atoms with Gasteiger partial charge in [-0.1, -0.05) is 6.92 Å². The fourth-order valence-corrected chi connectivity index (χ4v) is 1.05. The van der Waals surface area contributed by atoms with Gasteiger partial charge in [0, 0.05) is 6.54 Å². The molecule has 1 atom stereocenters. The minimum atomic E-state index is -0.158. The van der Waals surface area contributed by atoms with Gasteiger partial charge < -0.3 is 9.64 Å². The van der Waals surface area contributed by atoms with Crippen LogP contribution in [0.3, 0.4) is 0 Å². The van der Waals surface area contributed by atoms with Gasteiger partial charge in [-0.2, -0.15) is 0 Å². The Morgan fingerprint density at radius 3 is 2.70 bits per heavy atom. The molecule has 1 saturated heterocycles. The van der Waals surface area contributed by atoms with E-state index in [1.807, 2.05) is 13.8 Å². The predicted molar refractivity (Wildman–Crippen MR) is 37.8 cm³/mol. The summed E-state index contributed by atoms with van der Waals surface area (Å²) in [6.07, 6.45) is 0.893. The molecule has 0 spiro atoms. The van der Waals surface area contributed by atoms with Crippen molar-refractivity contribution in [2.45, 2.75) is 26.4 Å². The predicted octanol–water partition coefficient (Wildman–Crippen LogP) is 1.24. The van der Waals surface area contributed by atoms with Crippen molar-refractivity contribution in [1.29, 1.82) is 0 Å². The number of carbonyl (C=O) groups excluding carboxylic acids is 1. The highest BCUT2D eigenvalue weighted by Gasteiger charge is 2.27. The van der Waals surface area contributed by atoms with E-state index in [-0.39, 0.29) is 12.2 Å². The second-order valence-electron chi connectivity index (χ2n) is 2.45. The van der Waals surface area contributed by atoms with Crippen molar-refractivity contribution in [1.82, 2.24) is 4.90 Å². The normalized spacial score (nSPS) is 25.2. The summed E-state index contributed by atoms with van der Waals surface area (Å²) in [6, 6.07) is 0. The van der Waals surface area contributed by atoms with Crippen molar-refractivity contribution in [2.75, 3.05) is 13.1 Å². The van der Waals surface area contributed by atoms with E-state index in [0.29, 0.717) is 0 Å². The molecule has 0 aromatic rings. The number of carbonyl (C=O) groups is 1. The van der Waals surface area contributed by atoms with E-state index in [0.717, 1.165) is 19.5 Å². The number of amides is 1. The van der Waals surface area contributed by atoms with Crippen molar-refractivity contribution >= 4 is 6.09 Å². The molecule has 0 aromatic heterocycles. The minimum absolute atomic E-state index is 0.132. The molecule has 0 aromatic carbocycles. The van der Waals surface area contributed by atoms with Gasteiger partial charge in [-0.3, -0.25) is 0 Å². The van der Waals surface area contributed by atoms with Gasteiger partial charge in [-0.25, -0.2) is 4.79 Å². The van der Waals surface area contributed by atoms with Crippen LogP contribution < -0.4 is 0 Å². The molecular weight excluding hydrogens is 130 g/mol. The largest absolute Gasteiger partial charge is 0.444 e. The van der Waals surface area contributed by atoms with Crippen molar-refractivity contribution in [3.8, 4) is 0 Å². The Morgan fingerprint density at radius 1 is 1.70 bits per heavy atom. The molecule has 1 aliphatic rings. The number of ether oxygens (including phenoxy) is 1. The minimum Gasteiger partial charge on any atom is -0.444 e. The first-order chi connectivity index (χ1) is 4.77. The summed E-state index contributed by atoms with van der Waals surface area (Å²) in [6.45, 7) is 5.51. The van der Waals surface area contributed by atoms with Gasteiger partial charge in [0.25, 0.3) is 0 Å². The zero-order valence-corrected chi connectivity index (χ0v) is 6.46. The lowest BCUT2D eigenvalue weighted by atomic mass is 10.3. The van der Waals surface area contributed by atoms with Crippen LogP contribution in [0.15, 0.2) is 0 Å². The SMILES string of the molecule is CC[C@@H]1CN(CC)C(=O)O1. The van der Waals surface area contributed by atoms with Crippen LogP contribution in [0.1, 0.15) is 20.3 Å². The van der Waals surface area contributed by atoms with Crippen molar-refractivity contribution < 1.29 is 9.53 Å². The van der Waals surface area contributed by atoms with Crippen LogP contribution >= 0.6 is 0 Å². The Kier molecular flexibility index (Phi) is 2.14. The van der Waals surface area contributed by atoms with E-state index >= 15 is 0 Å². The maximum Gasteiger partial charge on any atom is 0.410 e. The Balaban J connectivity index is 2.44. The van der Waals surface area contributed by atoms with E-state index in [1.165, 1.54) is 0 Å². The molecule has 3 nitrogen and oxygen atoms in total. The zero-order valence-electron chi connectivity index (χ0n) is 6.46. The standard InChI is InChI=1S/C7H13NO2/c1-3-6-5-8(4-2)7(9)10-6/h6H,3-5H2,1-2H3/t6-/m1/s1. The molecule has 1 rings (SSSR count). The molecule has 1 aliphatic heterocycles. The summed E-state index contributed by atoms with van der Waals surface area (Å²) >= 11 is 0. The van der Waals surface area contributed by atoms with Crippen LogP contribution in [0.5, 0.6) is 0 Å². The topological polar surface area (TPSA) is 29.5 Å². The first-order valence-corrected chi connectivity index (χ1v) is 3.73. The molecule has 0 saturated carbocycles. The highest BCUT2D eigenvalue weighted by atomic mass is 16.6. The summed E-state index contributed by atoms with van der Waals surface area (Å²) in [5.74, 6) is 0. The molecule has 1 amide bonds. The molecule has 0 unspecified atom stereocenters. The van der Waals surface area contributed by atoms with Crippen molar-refractivity contribution in [2.24, 2.45) is 0 Å². The third-order valence-electron chi connectivity index (χ3n) is 1.79. The number of hydrogen-bond acceptors (Lipinski definition) is 2. The van der Waals surface area contributed by atoms with Gasteiger partial charge in [0.2, 0.25) is 0 Å². The highest BCUT2D eigenvalue weighted by Crippen LogP contribution is 2.12. The zero-order chi connectivity index (χ0) is 7.56. The number of cyclic esters (lactones) is 1. The Labute approximate surface area is 61.0 Å². The Bertz CT molecular complexity index is 136. The van der Waals surface area contributed by atoms with E-state index < -0.39 is 0 Å². The average Bonchev–Trinajstić information content (AvgIpc) is 2.30. The summed E-state index contributed by atoms with van der Waals surface area (Å²) < 4.78 is 5.00. The first kappa shape index (κ1) is 7.38. The molecule has 1 heterocycles. The molecule has 0 radical (unpaired) electrons. The summed E-state index contributed by atoms with van der Waals surface area (Å²) in [5, 5.41) is 0. The number of likely N-dealkylation sites (N-methyl/N-ethyl adjacent to an activating group) is 1. The fraction of sp³-hybridized carbons (Fsp3) is 0.857. The Morgan fingerprint density at radius 2 is 2.40 bits per heavy atom. The highest BCUT2D eigenvalue weighted by molar-refractivity contribution is 5.69. The van der Waals surface area contributed by atoms with Gasteiger partial charge in [0.1, 0.15) is 6.10 Å². The van der Waals surface area contributed by atoms with E-state index in [4.69, 9.17) is 4.74 Å². The first-order valence-electron chi connectivity index (χ1n) is 3.73. The number of hydrogen-bond donors (Lipinski definition) is 0. The van der Waals surface area contributed by atoms with Gasteiger partial charge in [-0.05, 0) is 13.3 Å². The molecule has 58 valence electrons. The third kappa shape index (κ3) is 1.23. The van der Waals surface area contributed by atoms with Gasteiger partial charge in [0.15, 0.2) is 0 Å². The number of rotatable bonds is 2. The van der Waals surface area contributed by atoms with E-state index in [2.05, 4.69) is 0 Å². The fourth-order valence-electron chi connectivity index (χ4n) is 1.05.